The monoisotopic (exact) mass is 442 g/mol. The van der Waals surface area contributed by atoms with Crippen molar-refractivity contribution in [3.63, 3.8) is 0 Å². The number of carbonyl (C=O) groups is 3. The molecule has 1 fully saturated rings. The number of rotatable bonds is 5. The van der Waals surface area contributed by atoms with Gasteiger partial charge in [-0.2, -0.15) is 0 Å². The van der Waals surface area contributed by atoms with Gasteiger partial charge in [0.2, 0.25) is 17.7 Å². The molecule has 9 heteroatoms. The zero-order valence-corrected chi connectivity index (χ0v) is 18.6. The van der Waals surface area contributed by atoms with Crippen LogP contribution in [-0.2, 0) is 14.4 Å². The van der Waals surface area contributed by atoms with Crippen molar-refractivity contribution in [2.45, 2.75) is 45.7 Å². The SMILES string of the molecule is CC(=O)NC1CCOc2ccc(-c3csc(NC(=O)C4CC(=O)N(C(C)C)C4)n3)cc21. The number of carbonyl (C=O) groups excluding carboxylic acids is 3. The molecular weight excluding hydrogens is 416 g/mol. The van der Waals surface area contributed by atoms with E-state index in [1.165, 1.54) is 18.3 Å². The topological polar surface area (TPSA) is 101 Å². The van der Waals surface area contributed by atoms with E-state index >= 15 is 0 Å². The number of fused-ring (bicyclic) bond motifs is 1. The van der Waals surface area contributed by atoms with Gasteiger partial charge in [-0.05, 0) is 32.0 Å². The van der Waals surface area contributed by atoms with E-state index < -0.39 is 0 Å². The van der Waals surface area contributed by atoms with E-state index in [4.69, 9.17) is 4.74 Å². The number of hydrogen-bond acceptors (Lipinski definition) is 6. The molecule has 2 atom stereocenters. The molecule has 0 aliphatic carbocycles. The summed E-state index contributed by atoms with van der Waals surface area (Å²) in [6.45, 7) is 6.40. The number of thiazole rings is 1. The summed E-state index contributed by atoms with van der Waals surface area (Å²) in [4.78, 5) is 42.5. The zero-order chi connectivity index (χ0) is 22.1. The number of benzene rings is 1. The number of anilines is 1. The van der Waals surface area contributed by atoms with Gasteiger partial charge < -0.3 is 20.3 Å². The van der Waals surface area contributed by atoms with Crippen LogP contribution < -0.4 is 15.4 Å². The molecule has 0 spiro atoms. The fourth-order valence-electron chi connectivity index (χ4n) is 4.03. The Bertz CT molecular complexity index is 1020. The molecule has 2 unspecified atom stereocenters. The van der Waals surface area contributed by atoms with Crippen LogP contribution in [0.4, 0.5) is 5.13 Å². The molecule has 0 radical (unpaired) electrons. The average molecular weight is 443 g/mol. The van der Waals surface area contributed by atoms with Gasteiger partial charge in [-0.25, -0.2) is 4.98 Å². The summed E-state index contributed by atoms with van der Waals surface area (Å²) < 4.78 is 5.72. The second-order valence-electron chi connectivity index (χ2n) is 8.21. The second-order valence-corrected chi connectivity index (χ2v) is 9.07. The van der Waals surface area contributed by atoms with Gasteiger partial charge in [0.1, 0.15) is 5.75 Å². The number of nitrogens with one attached hydrogen (secondary N) is 2. The summed E-state index contributed by atoms with van der Waals surface area (Å²) in [5.74, 6) is 0.157. The van der Waals surface area contributed by atoms with Crippen molar-refractivity contribution in [3.8, 4) is 17.0 Å². The van der Waals surface area contributed by atoms with E-state index in [1.807, 2.05) is 37.4 Å². The highest BCUT2D eigenvalue weighted by atomic mass is 32.1. The Morgan fingerprint density at radius 3 is 2.84 bits per heavy atom. The predicted molar refractivity (Wildman–Crippen MR) is 118 cm³/mol. The first-order chi connectivity index (χ1) is 14.8. The first-order valence-electron chi connectivity index (χ1n) is 10.4. The number of likely N-dealkylation sites (tertiary alicyclic amines) is 1. The van der Waals surface area contributed by atoms with Gasteiger partial charge in [0.05, 0.1) is 24.3 Å². The van der Waals surface area contributed by atoms with E-state index in [2.05, 4.69) is 15.6 Å². The third kappa shape index (κ3) is 4.56. The molecule has 0 bridgehead atoms. The Labute approximate surface area is 185 Å². The minimum absolute atomic E-state index is 0.0139. The van der Waals surface area contributed by atoms with Crippen LogP contribution in [0.3, 0.4) is 0 Å². The van der Waals surface area contributed by atoms with Crippen molar-refractivity contribution in [3.05, 3.63) is 29.1 Å². The number of amides is 3. The zero-order valence-electron chi connectivity index (χ0n) is 17.8. The first kappa shape index (κ1) is 21.3. The van der Waals surface area contributed by atoms with Crippen molar-refractivity contribution in [2.24, 2.45) is 5.92 Å². The lowest BCUT2D eigenvalue weighted by molar-refractivity contribution is -0.129. The van der Waals surface area contributed by atoms with E-state index in [0.29, 0.717) is 24.7 Å². The number of aromatic nitrogens is 1. The Morgan fingerprint density at radius 1 is 1.32 bits per heavy atom. The predicted octanol–water partition coefficient (Wildman–Crippen LogP) is 2.97. The van der Waals surface area contributed by atoms with E-state index in [9.17, 15) is 14.4 Å². The van der Waals surface area contributed by atoms with Crippen molar-refractivity contribution in [1.29, 1.82) is 0 Å². The van der Waals surface area contributed by atoms with Crippen LogP contribution in [0, 0.1) is 5.92 Å². The summed E-state index contributed by atoms with van der Waals surface area (Å²) >= 11 is 1.35. The summed E-state index contributed by atoms with van der Waals surface area (Å²) in [5.41, 5.74) is 2.55. The van der Waals surface area contributed by atoms with Gasteiger partial charge in [0, 0.05) is 48.9 Å². The lowest BCUT2D eigenvalue weighted by atomic mass is 9.97. The maximum absolute atomic E-state index is 12.6. The third-order valence-electron chi connectivity index (χ3n) is 5.61. The first-order valence-corrected chi connectivity index (χ1v) is 11.3. The van der Waals surface area contributed by atoms with Crippen LogP contribution in [0.5, 0.6) is 5.75 Å². The molecule has 4 rings (SSSR count). The molecule has 31 heavy (non-hydrogen) atoms. The molecule has 2 aliphatic heterocycles. The molecule has 0 saturated carbocycles. The highest BCUT2D eigenvalue weighted by Crippen LogP contribution is 2.36. The van der Waals surface area contributed by atoms with Crippen molar-refractivity contribution < 1.29 is 19.1 Å². The lowest BCUT2D eigenvalue weighted by Gasteiger charge is -2.26. The Morgan fingerprint density at radius 2 is 2.13 bits per heavy atom. The van der Waals surface area contributed by atoms with E-state index in [-0.39, 0.29) is 42.1 Å². The minimum atomic E-state index is -0.360. The Balaban J connectivity index is 1.47. The summed E-state index contributed by atoms with van der Waals surface area (Å²) in [7, 11) is 0. The Hall–Kier alpha value is -2.94. The van der Waals surface area contributed by atoms with Crippen molar-refractivity contribution in [1.82, 2.24) is 15.2 Å². The molecule has 1 aromatic heterocycles. The van der Waals surface area contributed by atoms with Gasteiger partial charge in [0.15, 0.2) is 5.13 Å². The van der Waals surface area contributed by atoms with Gasteiger partial charge >= 0.3 is 0 Å². The van der Waals surface area contributed by atoms with Gasteiger partial charge in [-0.15, -0.1) is 11.3 Å². The minimum Gasteiger partial charge on any atom is -0.493 e. The van der Waals surface area contributed by atoms with Crippen LogP contribution >= 0.6 is 11.3 Å². The van der Waals surface area contributed by atoms with Gasteiger partial charge in [-0.3, -0.25) is 14.4 Å². The average Bonchev–Trinajstić information content (AvgIpc) is 3.34. The van der Waals surface area contributed by atoms with Gasteiger partial charge in [-0.1, -0.05) is 0 Å². The molecule has 3 heterocycles. The molecule has 1 saturated heterocycles. The molecule has 8 nitrogen and oxygen atoms in total. The van der Waals surface area contributed by atoms with Crippen LogP contribution in [0.2, 0.25) is 0 Å². The molecule has 2 N–H and O–H groups in total. The molecule has 1 aromatic carbocycles. The lowest BCUT2D eigenvalue weighted by Crippen LogP contribution is -2.33. The molecule has 164 valence electrons. The maximum Gasteiger partial charge on any atom is 0.231 e. The molecule has 2 aromatic rings. The third-order valence-corrected chi connectivity index (χ3v) is 6.37. The molecule has 2 aliphatic rings. The van der Waals surface area contributed by atoms with Crippen LogP contribution in [-0.4, -0.2) is 46.8 Å². The number of ether oxygens (including phenoxy) is 1. The number of hydrogen-bond donors (Lipinski definition) is 2. The normalized spacial score (nSPS) is 20.4. The largest absolute Gasteiger partial charge is 0.493 e. The highest BCUT2D eigenvalue weighted by Gasteiger charge is 2.35. The fourth-order valence-corrected chi connectivity index (χ4v) is 4.75. The smallest absolute Gasteiger partial charge is 0.231 e. The molecular formula is C22H26N4O4S. The van der Waals surface area contributed by atoms with Crippen LogP contribution in [0.25, 0.3) is 11.3 Å². The van der Waals surface area contributed by atoms with Crippen molar-refractivity contribution >= 4 is 34.2 Å². The van der Waals surface area contributed by atoms with Gasteiger partial charge in [0.25, 0.3) is 0 Å². The van der Waals surface area contributed by atoms with Crippen LogP contribution in [0.15, 0.2) is 23.6 Å². The second kappa shape index (κ2) is 8.66. The Kier molecular flexibility index (Phi) is 5.95. The van der Waals surface area contributed by atoms with E-state index in [0.717, 1.165) is 22.6 Å². The summed E-state index contributed by atoms with van der Waals surface area (Å²) in [5, 5.41) is 8.21. The summed E-state index contributed by atoms with van der Waals surface area (Å²) in [6.07, 6.45) is 0.944. The van der Waals surface area contributed by atoms with Crippen molar-refractivity contribution in [2.75, 3.05) is 18.5 Å². The van der Waals surface area contributed by atoms with Crippen LogP contribution in [0.1, 0.15) is 45.2 Å². The summed E-state index contributed by atoms with van der Waals surface area (Å²) in [6, 6.07) is 5.78. The quantitative estimate of drug-likeness (QED) is 0.742. The standard InChI is InChI=1S/C22H26N4O4S/c1-12(2)26-10-15(9-20(26)28)21(29)25-22-24-18(11-31-22)14-4-5-19-16(8-14)17(6-7-30-19)23-13(3)27/h4-5,8,11-12,15,17H,6-7,9-10H2,1-3H3,(H,23,27)(H,24,25,29). The number of nitrogens with zero attached hydrogens (tertiary/aromatic N) is 2. The fraction of sp³-hybridized carbons (Fsp3) is 0.455. The molecule has 3 amide bonds. The highest BCUT2D eigenvalue weighted by molar-refractivity contribution is 7.14. The van der Waals surface area contributed by atoms with E-state index in [1.54, 1.807) is 4.90 Å². The maximum atomic E-state index is 12.6.